The maximum Gasteiger partial charge on any atom is 0 e. The predicted molar refractivity (Wildman–Crippen MR) is 38.4 cm³/mol. The van der Waals surface area contributed by atoms with Gasteiger partial charge in [-0.1, -0.05) is 6.92 Å². The molecule has 0 rings (SSSR count). The van der Waals surface area contributed by atoms with Gasteiger partial charge in [-0.3, -0.25) is 0 Å². The van der Waals surface area contributed by atoms with E-state index in [9.17, 15) is 0 Å². The van der Waals surface area contributed by atoms with Crippen molar-refractivity contribution in [3.63, 3.8) is 0 Å². The molecule has 0 fully saturated rings. The zero-order chi connectivity index (χ0) is 6.83. The van der Waals surface area contributed by atoms with Gasteiger partial charge in [0.25, 0.3) is 0 Å². The summed E-state index contributed by atoms with van der Waals surface area (Å²) in [7, 11) is 0. The first-order valence-corrected chi connectivity index (χ1v) is 3.02. The summed E-state index contributed by atoms with van der Waals surface area (Å²) in [6.45, 7) is 7.06. The molecule has 0 heterocycles. The fourth-order valence-electron chi connectivity index (χ4n) is 0. The van der Waals surface area contributed by atoms with Crippen molar-refractivity contribution in [3.8, 4) is 0 Å². The van der Waals surface area contributed by atoms with Crippen molar-refractivity contribution in [3.05, 3.63) is 6.92 Å². The summed E-state index contributed by atoms with van der Waals surface area (Å²) in [6, 6.07) is 0. The summed E-state index contributed by atoms with van der Waals surface area (Å²) in [6.07, 6.45) is 1.94. The summed E-state index contributed by atoms with van der Waals surface area (Å²) in [4.78, 5) is 0. The van der Waals surface area contributed by atoms with Gasteiger partial charge in [0.1, 0.15) is 0 Å². The van der Waals surface area contributed by atoms with Crippen molar-refractivity contribution in [2.75, 3.05) is 13.1 Å². The third kappa shape index (κ3) is 55.3. The molecule has 0 unspecified atom stereocenters. The molecular formula is C6H17N2Pt-. The first-order valence-electron chi connectivity index (χ1n) is 3.02. The largest absolute Gasteiger partial charge is 0.342 e. The van der Waals surface area contributed by atoms with Crippen LogP contribution in [0.25, 0.3) is 0 Å². The van der Waals surface area contributed by atoms with Gasteiger partial charge in [-0.2, -0.15) is 6.42 Å². The molecule has 0 aliphatic rings. The van der Waals surface area contributed by atoms with E-state index in [1.165, 1.54) is 0 Å². The molecule has 0 amide bonds. The van der Waals surface area contributed by atoms with E-state index in [-0.39, 0.29) is 21.1 Å². The molecule has 4 N–H and O–H groups in total. The van der Waals surface area contributed by atoms with E-state index in [0.717, 1.165) is 19.4 Å². The van der Waals surface area contributed by atoms with Crippen LogP contribution in [0.4, 0.5) is 0 Å². The monoisotopic (exact) mass is 312 g/mol. The van der Waals surface area contributed by atoms with Gasteiger partial charge in [-0.05, 0) is 19.5 Å². The Morgan fingerprint density at radius 2 is 1.44 bits per heavy atom. The van der Waals surface area contributed by atoms with Crippen LogP contribution in [0.5, 0.6) is 0 Å². The van der Waals surface area contributed by atoms with Crippen molar-refractivity contribution in [1.29, 1.82) is 0 Å². The van der Waals surface area contributed by atoms with E-state index in [2.05, 4.69) is 13.8 Å². The normalized spacial score (nSPS) is 6.67. The minimum absolute atomic E-state index is 0. The SMILES string of the molecule is CCCN.[CH2-]CCN.[Pt]. The molecule has 3 heteroatoms. The molecule has 0 bridgehead atoms. The van der Waals surface area contributed by atoms with E-state index < -0.39 is 0 Å². The van der Waals surface area contributed by atoms with Gasteiger partial charge in [0, 0.05) is 21.1 Å². The topological polar surface area (TPSA) is 52.0 Å². The van der Waals surface area contributed by atoms with Crippen molar-refractivity contribution >= 4 is 0 Å². The molecule has 2 nitrogen and oxygen atoms in total. The van der Waals surface area contributed by atoms with E-state index in [1.807, 2.05) is 0 Å². The molecule has 0 spiro atoms. The molecule has 0 aromatic rings. The summed E-state index contributed by atoms with van der Waals surface area (Å²) < 4.78 is 0. The Hall–Kier alpha value is 0.608. The minimum Gasteiger partial charge on any atom is -0.342 e. The second kappa shape index (κ2) is 23.5. The minimum atomic E-state index is 0. The van der Waals surface area contributed by atoms with Crippen LogP contribution in [0.1, 0.15) is 19.8 Å². The van der Waals surface area contributed by atoms with Gasteiger partial charge in [0.15, 0.2) is 0 Å². The van der Waals surface area contributed by atoms with Gasteiger partial charge < -0.3 is 18.4 Å². The van der Waals surface area contributed by atoms with Crippen molar-refractivity contribution in [1.82, 2.24) is 0 Å². The number of hydrogen-bond acceptors (Lipinski definition) is 2. The van der Waals surface area contributed by atoms with Crippen LogP contribution in [-0.4, -0.2) is 13.1 Å². The number of nitrogens with two attached hydrogens (primary N) is 2. The van der Waals surface area contributed by atoms with Crippen LogP contribution >= 0.6 is 0 Å². The third-order valence-electron chi connectivity index (χ3n) is 0.493. The van der Waals surface area contributed by atoms with Crippen LogP contribution in [0, 0.1) is 6.92 Å². The zero-order valence-corrected chi connectivity index (χ0v) is 8.28. The van der Waals surface area contributed by atoms with Crippen molar-refractivity contribution in [2.24, 2.45) is 11.5 Å². The molecule has 0 aromatic heterocycles. The Kier molecular flexibility index (Phi) is 42.5. The van der Waals surface area contributed by atoms with E-state index in [0.29, 0.717) is 6.54 Å². The molecule has 0 aromatic carbocycles. The van der Waals surface area contributed by atoms with Crippen LogP contribution < -0.4 is 11.5 Å². The van der Waals surface area contributed by atoms with Gasteiger partial charge >= 0.3 is 0 Å². The van der Waals surface area contributed by atoms with Crippen LogP contribution in [0.15, 0.2) is 0 Å². The Morgan fingerprint density at radius 1 is 1.22 bits per heavy atom. The summed E-state index contributed by atoms with van der Waals surface area (Å²) in [5.74, 6) is 0. The Balaban J connectivity index is -0.0000000720. The molecule has 0 saturated carbocycles. The van der Waals surface area contributed by atoms with E-state index >= 15 is 0 Å². The Bertz CT molecular complexity index is 19.0. The first-order chi connectivity index (χ1) is 3.83. The second-order valence-corrected chi connectivity index (χ2v) is 1.43. The van der Waals surface area contributed by atoms with Crippen LogP contribution in [0.3, 0.4) is 0 Å². The molecule has 62 valence electrons. The van der Waals surface area contributed by atoms with Crippen LogP contribution in [0.2, 0.25) is 0 Å². The fraction of sp³-hybridized carbons (Fsp3) is 0.833. The summed E-state index contributed by atoms with van der Waals surface area (Å²) in [5.41, 5.74) is 9.99. The Morgan fingerprint density at radius 3 is 1.44 bits per heavy atom. The average molecular weight is 312 g/mol. The van der Waals surface area contributed by atoms with Gasteiger partial charge in [-0.15, -0.1) is 0 Å². The molecule has 0 aliphatic carbocycles. The molecule has 0 atom stereocenters. The standard InChI is InChI=1S/C3H9N.C3H8N.Pt/c2*1-2-3-4;/h2-4H2,1H3;1-4H2;/q;-1;. The summed E-state index contributed by atoms with van der Waals surface area (Å²) in [5, 5.41) is 0. The first kappa shape index (κ1) is 16.3. The second-order valence-electron chi connectivity index (χ2n) is 1.43. The number of hydrogen-bond donors (Lipinski definition) is 2. The van der Waals surface area contributed by atoms with Crippen LogP contribution in [-0.2, 0) is 21.1 Å². The molecule has 0 saturated heterocycles. The van der Waals surface area contributed by atoms with E-state index in [4.69, 9.17) is 11.5 Å². The third-order valence-corrected chi connectivity index (χ3v) is 0.493. The molecule has 9 heavy (non-hydrogen) atoms. The van der Waals surface area contributed by atoms with Gasteiger partial charge in [-0.25, -0.2) is 0 Å². The maximum atomic E-state index is 5.03. The van der Waals surface area contributed by atoms with Gasteiger partial charge in [0.2, 0.25) is 0 Å². The van der Waals surface area contributed by atoms with Crippen molar-refractivity contribution in [2.45, 2.75) is 19.8 Å². The Labute approximate surface area is 72.6 Å². The smallest absolute Gasteiger partial charge is 0 e. The zero-order valence-electron chi connectivity index (χ0n) is 6.01. The van der Waals surface area contributed by atoms with Crippen molar-refractivity contribution < 1.29 is 21.1 Å². The average Bonchev–Trinajstić information content (AvgIpc) is 1.88. The molecule has 0 radical (unpaired) electrons. The van der Waals surface area contributed by atoms with Gasteiger partial charge in [0.05, 0.1) is 0 Å². The quantitative estimate of drug-likeness (QED) is 0.731. The maximum absolute atomic E-state index is 5.03. The number of rotatable bonds is 2. The fourth-order valence-corrected chi connectivity index (χ4v) is 0. The molecule has 0 aliphatic heterocycles. The summed E-state index contributed by atoms with van der Waals surface area (Å²) >= 11 is 0. The van der Waals surface area contributed by atoms with E-state index in [1.54, 1.807) is 0 Å². The predicted octanol–water partition coefficient (Wildman–Crippen LogP) is 0.522. The molecular weight excluding hydrogens is 295 g/mol.